The molecule has 0 atom stereocenters. The molecule has 2 rings (SSSR count). The predicted octanol–water partition coefficient (Wildman–Crippen LogP) is 2.38. The number of carbonyl (C=O) groups excluding carboxylic acids is 1. The van der Waals surface area contributed by atoms with Crippen molar-refractivity contribution in [1.29, 1.82) is 0 Å². The Kier molecular flexibility index (Phi) is 5.20. The Labute approximate surface area is 128 Å². The third kappa shape index (κ3) is 5.36. The lowest BCUT2D eigenvalue weighted by atomic mass is 10.2. The molecule has 1 fully saturated rings. The van der Waals surface area contributed by atoms with Gasteiger partial charge in [-0.1, -0.05) is 17.7 Å². The molecule has 0 aliphatic heterocycles. The molecule has 1 aromatic carbocycles. The van der Waals surface area contributed by atoms with Gasteiger partial charge < -0.3 is 10.4 Å². The molecule has 1 saturated carbocycles. The fraction of sp³-hybridized carbons (Fsp3) is 0.467. The van der Waals surface area contributed by atoms with Gasteiger partial charge in [0, 0.05) is 6.54 Å². The smallest absolute Gasteiger partial charge is 0.317 e. The van der Waals surface area contributed by atoms with Gasteiger partial charge in [0.15, 0.2) is 0 Å². The maximum atomic E-state index is 12.0. The first-order valence-electron chi connectivity index (χ1n) is 6.94. The van der Waals surface area contributed by atoms with Crippen molar-refractivity contribution in [1.82, 2.24) is 4.90 Å². The number of hydrogen-bond donors (Lipinski definition) is 2. The first-order valence-corrected chi connectivity index (χ1v) is 7.32. The van der Waals surface area contributed by atoms with Crippen LogP contribution in [0.2, 0.25) is 5.02 Å². The topological polar surface area (TPSA) is 69.6 Å². The van der Waals surface area contributed by atoms with Gasteiger partial charge in [-0.15, -0.1) is 0 Å². The Morgan fingerprint density at radius 2 is 2.10 bits per heavy atom. The van der Waals surface area contributed by atoms with Gasteiger partial charge >= 0.3 is 5.97 Å². The fourth-order valence-corrected chi connectivity index (χ4v) is 2.44. The van der Waals surface area contributed by atoms with Gasteiger partial charge in [-0.25, -0.2) is 0 Å². The van der Waals surface area contributed by atoms with Crippen molar-refractivity contribution < 1.29 is 14.7 Å². The Bertz CT molecular complexity index is 544. The summed E-state index contributed by atoms with van der Waals surface area (Å²) in [5.41, 5.74) is 1.56. The van der Waals surface area contributed by atoms with Gasteiger partial charge in [0.1, 0.15) is 0 Å². The Balaban J connectivity index is 1.92. The third-order valence-corrected chi connectivity index (χ3v) is 3.65. The molecule has 2 N–H and O–H groups in total. The molecular formula is C15H19ClN2O3. The van der Waals surface area contributed by atoms with Crippen LogP contribution in [0, 0.1) is 12.8 Å². The number of carboxylic acid groups (broad SMARTS) is 1. The quantitative estimate of drug-likeness (QED) is 0.811. The molecule has 21 heavy (non-hydrogen) atoms. The number of nitrogens with zero attached hydrogens (tertiary/aromatic N) is 1. The van der Waals surface area contributed by atoms with Gasteiger partial charge in [0.05, 0.1) is 23.8 Å². The zero-order valence-corrected chi connectivity index (χ0v) is 12.7. The molecule has 0 radical (unpaired) electrons. The van der Waals surface area contributed by atoms with E-state index in [0.29, 0.717) is 23.2 Å². The van der Waals surface area contributed by atoms with Crippen molar-refractivity contribution in [3.63, 3.8) is 0 Å². The highest BCUT2D eigenvalue weighted by Crippen LogP contribution is 2.29. The number of halogens is 1. The van der Waals surface area contributed by atoms with Crippen molar-refractivity contribution in [3.8, 4) is 0 Å². The average Bonchev–Trinajstić information content (AvgIpc) is 3.15. The molecule has 1 aliphatic carbocycles. The summed E-state index contributed by atoms with van der Waals surface area (Å²) in [6.07, 6.45) is 2.23. The summed E-state index contributed by atoms with van der Waals surface area (Å²) in [6.45, 7) is 2.52. The number of benzene rings is 1. The van der Waals surface area contributed by atoms with E-state index in [2.05, 4.69) is 5.32 Å². The molecule has 0 unspecified atom stereocenters. The highest BCUT2D eigenvalue weighted by Gasteiger charge is 2.26. The molecule has 114 valence electrons. The van der Waals surface area contributed by atoms with E-state index in [1.165, 1.54) is 0 Å². The summed E-state index contributed by atoms with van der Waals surface area (Å²) in [6, 6.07) is 5.38. The Morgan fingerprint density at radius 3 is 2.67 bits per heavy atom. The van der Waals surface area contributed by atoms with E-state index in [1.807, 2.05) is 13.0 Å². The van der Waals surface area contributed by atoms with Gasteiger partial charge in [-0.05, 0) is 43.4 Å². The van der Waals surface area contributed by atoms with E-state index in [-0.39, 0.29) is 19.0 Å². The van der Waals surface area contributed by atoms with Crippen LogP contribution in [0.1, 0.15) is 18.4 Å². The summed E-state index contributed by atoms with van der Waals surface area (Å²) in [7, 11) is 0. The first kappa shape index (κ1) is 15.8. The molecule has 6 heteroatoms. The van der Waals surface area contributed by atoms with Crippen LogP contribution in [0.3, 0.4) is 0 Å². The van der Waals surface area contributed by atoms with Crippen LogP contribution in [0.15, 0.2) is 18.2 Å². The summed E-state index contributed by atoms with van der Waals surface area (Å²) in [5, 5.41) is 12.1. The minimum absolute atomic E-state index is 0.0625. The lowest BCUT2D eigenvalue weighted by Gasteiger charge is -2.19. The lowest BCUT2D eigenvalue weighted by Crippen LogP contribution is -2.38. The predicted molar refractivity (Wildman–Crippen MR) is 81.6 cm³/mol. The molecule has 0 bridgehead atoms. The van der Waals surface area contributed by atoms with Crippen molar-refractivity contribution in [3.05, 3.63) is 28.8 Å². The molecule has 0 spiro atoms. The monoisotopic (exact) mass is 310 g/mol. The number of aliphatic carboxylic acids is 1. The highest BCUT2D eigenvalue weighted by atomic mass is 35.5. The van der Waals surface area contributed by atoms with Gasteiger partial charge in [0.25, 0.3) is 0 Å². The van der Waals surface area contributed by atoms with Crippen LogP contribution in [0.5, 0.6) is 0 Å². The molecule has 5 nitrogen and oxygen atoms in total. The van der Waals surface area contributed by atoms with E-state index in [0.717, 1.165) is 18.4 Å². The van der Waals surface area contributed by atoms with Gasteiger partial charge in [-0.2, -0.15) is 0 Å². The summed E-state index contributed by atoms with van der Waals surface area (Å²) in [4.78, 5) is 24.6. The number of hydrogen-bond acceptors (Lipinski definition) is 3. The van der Waals surface area contributed by atoms with Gasteiger partial charge in [-0.3, -0.25) is 14.5 Å². The van der Waals surface area contributed by atoms with E-state index < -0.39 is 5.97 Å². The molecule has 1 aromatic rings. The molecule has 0 aromatic heterocycles. The van der Waals surface area contributed by atoms with Crippen molar-refractivity contribution in [2.24, 2.45) is 5.92 Å². The number of rotatable bonds is 7. The minimum Gasteiger partial charge on any atom is -0.480 e. The number of amides is 1. The Morgan fingerprint density at radius 1 is 1.38 bits per heavy atom. The molecule has 1 aliphatic rings. The maximum absolute atomic E-state index is 12.0. The average molecular weight is 311 g/mol. The van der Waals surface area contributed by atoms with E-state index in [1.54, 1.807) is 17.0 Å². The Hall–Kier alpha value is -1.59. The first-order chi connectivity index (χ1) is 9.94. The number of aryl methyl sites for hydroxylation is 1. The summed E-state index contributed by atoms with van der Waals surface area (Å²) in [5.74, 6) is -0.639. The fourth-order valence-electron chi connectivity index (χ4n) is 2.16. The number of carbonyl (C=O) groups is 2. The second-order valence-corrected chi connectivity index (χ2v) is 5.95. The molecule has 1 amide bonds. The third-order valence-electron chi connectivity index (χ3n) is 3.34. The molecular weight excluding hydrogens is 292 g/mol. The van der Waals surface area contributed by atoms with Crippen LogP contribution in [-0.2, 0) is 9.59 Å². The SMILES string of the molecule is Cc1ccc(NC(=O)CN(CC(=O)O)CC2CC2)c(Cl)c1. The maximum Gasteiger partial charge on any atom is 0.317 e. The normalized spacial score (nSPS) is 14.2. The van der Waals surface area contributed by atoms with Crippen molar-refractivity contribution in [2.45, 2.75) is 19.8 Å². The lowest BCUT2D eigenvalue weighted by molar-refractivity contribution is -0.138. The van der Waals surface area contributed by atoms with Crippen LogP contribution in [0.4, 0.5) is 5.69 Å². The van der Waals surface area contributed by atoms with Crippen LogP contribution in [0.25, 0.3) is 0 Å². The van der Waals surface area contributed by atoms with E-state index in [9.17, 15) is 9.59 Å². The largest absolute Gasteiger partial charge is 0.480 e. The number of carboxylic acids is 1. The molecule has 0 heterocycles. The highest BCUT2D eigenvalue weighted by molar-refractivity contribution is 6.33. The number of anilines is 1. The summed E-state index contributed by atoms with van der Waals surface area (Å²) >= 11 is 6.07. The van der Waals surface area contributed by atoms with Crippen molar-refractivity contribution in [2.75, 3.05) is 25.0 Å². The standard InChI is InChI=1S/C15H19ClN2O3/c1-10-2-5-13(12(16)6-10)17-14(19)8-18(9-15(20)21)7-11-3-4-11/h2,5-6,11H,3-4,7-9H2,1H3,(H,17,19)(H,20,21). The van der Waals surface area contributed by atoms with E-state index in [4.69, 9.17) is 16.7 Å². The molecule has 0 saturated heterocycles. The zero-order valence-electron chi connectivity index (χ0n) is 11.9. The van der Waals surface area contributed by atoms with Crippen LogP contribution < -0.4 is 5.32 Å². The van der Waals surface area contributed by atoms with Crippen LogP contribution >= 0.6 is 11.6 Å². The number of nitrogens with one attached hydrogen (secondary N) is 1. The van der Waals surface area contributed by atoms with Crippen LogP contribution in [-0.4, -0.2) is 41.5 Å². The second kappa shape index (κ2) is 6.91. The van der Waals surface area contributed by atoms with Crippen molar-refractivity contribution >= 4 is 29.2 Å². The zero-order chi connectivity index (χ0) is 15.4. The minimum atomic E-state index is -0.920. The summed E-state index contributed by atoms with van der Waals surface area (Å²) < 4.78 is 0. The second-order valence-electron chi connectivity index (χ2n) is 5.54. The van der Waals surface area contributed by atoms with E-state index >= 15 is 0 Å². The van der Waals surface area contributed by atoms with Gasteiger partial charge in [0.2, 0.25) is 5.91 Å².